The molecule has 0 spiro atoms. The van der Waals surface area contributed by atoms with E-state index in [0.29, 0.717) is 32.7 Å². The van der Waals surface area contributed by atoms with Crippen molar-refractivity contribution in [3.05, 3.63) is 35.4 Å². The van der Waals surface area contributed by atoms with Crippen molar-refractivity contribution in [3.8, 4) is 0 Å². The van der Waals surface area contributed by atoms with Crippen LogP contribution in [0, 0.1) is 6.92 Å². The van der Waals surface area contributed by atoms with E-state index in [9.17, 15) is 4.79 Å². The normalized spacial score (nSPS) is 19.5. The Hall–Kier alpha value is -1.39. The number of hydrogen-bond acceptors (Lipinski definition) is 3. The van der Waals surface area contributed by atoms with Crippen molar-refractivity contribution in [2.75, 3.05) is 33.4 Å². The Labute approximate surface area is 114 Å². The Morgan fingerprint density at radius 1 is 1.53 bits per heavy atom. The van der Waals surface area contributed by atoms with Gasteiger partial charge in [0.15, 0.2) is 0 Å². The van der Waals surface area contributed by atoms with Crippen LogP contribution in [0.15, 0.2) is 24.3 Å². The minimum atomic E-state index is 0.000194. The first kappa shape index (κ1) is 14.0. The summed E-state index contributed by atoms with van der Waals surface area (Å²) in [5.41, 5.74) is 2.25. The number of rotatable bonds is 4. The quantitative estimate of drug-likeness (QED) is 0.824. The lowest BCUT2D eigenvalue weighted by atomic mass is 10.1. The van der Waals surface area contributed by atoms with Gasteiger partial charge < -0.3 is 14.4 Å². The molecule has 0 saturated carbocycles. The average molecular weight is 263 g/mol. The second-order valence-electron chi connectivity index (χ2n) is 4.95. The number of ether oxygens (including phenoxy) is 2. The van der Waals surface area contributed by atoms with E-state index >= 15 is 0 Å². The summed E-state index contributed by atoms with van der Waals surface area (Å²) in [6.07, 6.45) is 0.460. The maximum atomic E-state index is 12.3. The molecule has 0 bridgehead atoms. The van der Waals surface area contributed by atoms with Gasteiger partial charge in [0, 0.05) is 20.2 Å². The highest BCUT2D eigenvalue weighted by atomic mass is 16.5. The molecule has 19 heavy (non-hydrogen) atoms. The van der Waals surface area contributed by atoms with Crippen molar-refractivity contribution >= 4 is 5.91 Å². The van der Waals surface area contributed by atoms with Gasteiger partial charge in [0.1, 0.15) is 0 Å². The van der Waals surface area contributed by atoms with Gasteiger partial charge in [-0.25, -0.2) is 0 Å². The summed E-state index contributed by atoms with van der Waals surface area (Å²) in [6, 6.07) is 8.09. The molecule has 0 aliphatic carbocycles. The largest absolute Gasteiger partial charge is 0.382 e. The fraction of sp³-hybridized carbons (Fsp3) is 0.533. The molecule has 4 heteroatoms. The lowest BCUT2D eigenvalue weighted by molar-refractivity contribution is -0.140. The van der Waals surface area contributed by atoms with Gasteiger partial charge in [0.25, 0.3) is 0 Å². The number of aryl methyl sites for hydroxylation is 1. The zero-order valence-corrected chi connectivity index (χ0v) is 11.6. The van der Waals surface area contributed by atoms with Crippen LogP contribution in [0.2, 0.25) is 0 Å². The summed E-state index contributed by atoms with van der Waals surface area (Å²) < 4.78 is 10.6. The molecule has 1 saturated heterocycles. The van der Waals surface area contributed by atoms with E-state index in [0.717, 1.165) is 5.56 Å². The molecule has 1 amide bonds. The smallest absolute Gasteiger partial charge is 0.227 e. The molecule has 1 aliphatic rings. The maximum absolute atomic E-state index is 12.3. The summed E-state index contributed by atoms with van der Waals surface area (Å²) >= 11 is 0. The number of hydrogen-bond donors (Lipinski definition) is 0. The maximum Gasteiger partial charge on any atom is 0.227 e. The van der Waals surface area contributed by atoms with Crippen molar-refractivity contribution in [3.63, 3.8) is 0 Å². The van der Waals surface area contributed by atoms with E-state index in [-0.39, 0.29) is 12.0 Å². The fourth-order valence-electron chi connectivity index (χ4n) is 2.34. The molecular weight excluding hydrogens is 242 g/mol. The molecule has 1 atom stereocenters. The van der Waals surface area contributed by atoms with Crippen molar-refractivity contribution in [1.82, 2.24) is 4.90 Å². The second-order valence-corrected chi connectivity index (χ2v) is 4.95. The van der Waals surface area contributed by atoms with Gasteiger partial charge in [-0.2, -0.15) is 0 Å². The number of nitrogens with zero attached hydrogens (tertiary/aromatic N) is 1. The van der Waals surface area contributed by atoms with Gasteiger partial charge in [0.05, 0.1) is 25.7 Å². The number of amides is 1. The Bertz CT molecular complexity index is 431. The zero-order valence-electron chi connectivity index (χ0n) is 11.6. The lowest BCUT2D eigenvalue weighted by Crippen LogP contribution is -2.47. The van der Waals surface area contributed by atoms with E-state index in [4.69, 9.17) is 9.47 Å². The Morgan fingerprint density at radius 3 is 3.11 bits per heavy atom. The van der Waals surface area contributed by atoms with E-state index in [1.54, 1.807) is 7.11 Å². The van der Waals surface area contributed by atoms with Gasteiger partial charge in [-0.05, 0) is 12.5 Å². The monoisotopic (exact) mass is 263 g/mol. The van der Waals surface area contributed by atoms with Gasteiger partial charge in [-0.1, -0.05) is 29.8 Å². The highest BCUT2D eigenvalue weighted by Crippen LogP contribution is 2.10. The van der Waals surface area contributed by atoms with Crippen molar-refractivity contribution in [1.29, 1.82) is 0 Å². The standard InChI is InChI=1S/C15H21NO3/c1-12-4-3-5-13(8-12)9-15(17)16-6-7-19-14(10-16)11-18-2/h3-5,8,14H,6-7,9-11H2,1-2H3. The molecule has 0 aromatic heterocycles. The third-order valence-electron chi connectivity index (χ3n) is 3.28. The summed E-state index contributed by atoms with van der Waals surface area (Å²) in [6.45, 7) is 4.46. The summed E-state index contributed by atoms with van der Waals surface area (Å²) in [7, 11) is 1.65. The number of carbonyl (C=O) groups excluding carboxylic acids is 1. The molecule has 1 aromatic carbocycles. The molecular formula is C15H21NO3. The molecule has 1 fully saturated rings. The Balaban J connectivity index is 1.92. The van der Waals surface area contributed by atoms with E-state index < -0.39 is 0 Å². The summed E-state index contributed by atoms with van der Waals surface area (Å²) in [5, 5.41) is 0. The van der Waals surface area contributed by atoms with Crippen LogP contribution in [0.3, 0.4) is 0 Å². The van der Waals surface area contributed by atoms with Gasteiger partial charge >= 0.3 is 0 Å². The van der Waals surface area contributed by atoms with E-state index in [1.165, 1.54) is 5.56 Å². The highest BCUT2D eigenvalue weighted by Gasteiger charge is 2.23. The van der Waals surface area contributed by atoms with Crippen LogP contribution in [-0.4, -0.2) is 50.3 Å². The first-order valence-electron chi connectivity index (χ1n) is 6.63. The van der Waals surface area contributed by atoms with Crippen LogP contribution in [-0.2, 0) is 20.7 Å². The zero-order chi connectivity index (χ0) is 13.7. The SMILES string of the molecule is COCC1CN(C(=O)Cc2cccc(C)c2)CCO1. The third-order valence-corrected chi connectivity index (χ3v) is 3.28. The molecule has 1 aliphatic heterocycles. The molecule has 0 radical (unpaired) electrons. The number of carbonyl (C=O) groups is 1. The lowest BCUT2D eigenvalue weighted by Gasteiger charge is -2.32. The first-order valence-corrected chi connectivity index (χ1v) is 6.63. The second kappa shape index (κ2) is 6.68. The first-order chi connectivity index (χ1) is 9.19. The summed E-state index contributed by atoms with van der Waals surface area (Å²) in [4.78, 5) is 14.1. The number of methoxy groups -OCH3 is 1. The molecule has 104 valence electrons. The molecule has 1 unspecified atom stereocenters. The molecule has 4 nitrogen and oxygen atoms in total. The minimum Gasteiger partial charge on any atom is -0.382 e. The van der Waals surface area contributed by atoms with E-state index in [1.807, 2.05) is 30.0 Å². The van der Waals surface area contributed by atoms with E-state index in [2.05, 4.69) is 6.07 Å². The van der Waals surface area contributed by atoms with Crippen molar-refractivity contribution in [2.24, 2.45) is 0 Å². The predicted octanol–water partition coefficient (Wildman–Crippen LogP) is 1.41. The van der Waals surface area contributed by atoms with Gasteiger partial charge in [0.2, 0.25) is 5.91 Å². The topological polar surface area (TPSA) is 38.8 Å². The Kier molecular flexibility index (Phi) is 4.93. The molecule has 2 rings (SSSR count). The fourth-order valence-corrected chi connectivity index (χ4v) is 2.34. The van der Waals surface area contributed by atoms with Crippen LogP contribution in [0.5, 0.6) is 0 Å². The van der Waals surface area contributed by atoms with Gasteiger partial charge in [-0.15, -0.1) is 0 Å². The highest BCUT2D eigenvalue weighted by molar-refractivity contribution is 5.79. The van der Waals surface area contributed by atoms with Crippen LogP contribution < -0.4 is 0 Å². The van der Waals surface area contributed by atoms with Crippen LogP contribution in [0.25, 0.3) is 0 Å². The molecule has 0 N–H and O–H groups in total. The minimum absolute atomic E-state index is 0.000194. The molecule has 1 heterocycles. The molecule has 1 aromatic rings. The Morgan fingerprint density at radius 2 is 2.37 bits per heavy atom. The average Bonchev–Trinajstić information content (AvgIpc) is 2.39. The summed E-state index contributed by atoms with van der Waals surface area (Å²) in [5.74, 6) is 0.162. The van der Waals surface area contributed by atoms with Crippen molar-refractivity contribution < 1.29 is 14.3 Å². The van der Waals surface area contributed by atoms with Crippen LogP contribution >= 0.6 is 0 Å². The van der Waals surface area contributed by atoms with Crippen LogP contribution in [0.1, 0.15) is 11.1 Å². The number of benzene rings is 1. The third kappa shape index (κ3) is 4.04. The van der Waals surface area contributed by atoms with Crippen LogP contribution in [0.4, 0.5) is 0 Å². The predicted molar refractivity (Wildman–Crippen MR) is 73.1 cm³/mol. The number of morpholine rings is 1. The van der Waals surface area contributed by atoms with Crippen molar-refractivity contribution in [2.45, 2.75) is 19.4 Å². The van der Waals surface area contributed by atoms with Gasteiger partial charge in [-0.3, -0.25) is 4.79 Å².